The van der Waals surface area contributed by atoms with Gasteiger partial charge in [-0.15, -0.1) is 24.0 Å². The molecule has 0 amide bonds. The van der Waals surface area contributed by atoms with E-state index in [1.165, 1.54) is 0 Å². The molecule has 0 aliphatic rings. The van der Waals surface area contributed by atoms with Gasteiger partial charge >= 0.3 is 0 Å². The molecule has 1 aromatic carbocycles. The molecule has 0 bridgehead atoms. The second kappa shape index (κ2) is 8.86. The summed E-state index contributed by atoms with van der Waals surface area (Å²) in [4.78, 5) is 8.82. The number of para-hydroxylation sites is 2. The van der Waals surface area contributed by atoms with Crippen molar-refractivity contribution >= 4 is 41.0 Å². The molecular weight excluding hydrogens is 377 g/mol. The van der Waals surface area contributed by atoms with Gasteiger partial charge in [0.2, 0.25) is 0 Å². The number of rotatable bonds is 6. The number of nitrogens with zero attached hydrogens (tertiary/aromatic N) is 3. The van der Waals surface area contributed by atoms with Crippen LogP contribution in [0.15, 0.2) is 29.3 Å². The van der Waals surface area contributed by atoms with Crippen LogP contribution in [0.25, 0.3) is 11.0 Å². The van der Waals surface area contributed by atoms with Crippen molar-refractivity contribution in [1.82, 2.24) is 14.9 Å². The number of aromatic nitrogens is 2. The van der Waals surface area contributed by atoms with Gasteiger partial charge in [0.15, 0.2) is 5.96 Å². The standard InChI is InChI=1S/C15H23N5.HI/c1-3-4-9-17-15(16)18-10-11-20-12(2)19-13-7-5-6-8-14(13)20;/h5-8H,3-4,9-11H2,1-2H3,(H3,16,17,18);1H. The molecule has 21 heavy (non-hydrogen) atoms. The summed E-state index contributed by atoms with van der Waals surface area (Å²) in [6.45, 7) is 6.55. The van der Waals surface area contributed by atoms with Gasteiger partial charge in [-0.2, -0.15) is 0 Å². The summed E-state index contributed by atoms with van der Waals surface area (Å²) in [5.41, 5.74) is 8.02. The molecule has 1 aromatic heterocycles. The summed E-state index contributed by atoms with van der Waals surface area (Å²) in [7, 11) is 0. The lowest BCUT2D eigenvalue weighted by Crippen LogP contribution is -2.34. The highest BCUT2D eigenvalue weighted by Gasteiger charge is 2.05. The number of fused-ring (bicyclic) bond motifs is 1. The number of unbranched alkanes of at least 4 members (excludes halogenated alkanes) is 1. The van der Waals surface area contributed by atoms with Gasteiger partial charge in [-0.05, 0) is 25.5 Å². The molecule has 0 spiro atoms. The number of halogens is 1. The molecule has 0 saturated carbocycles. The minimum Gasteiger partial charge on any atom is -0.370 e. The zero-order valence-corrected chi connectivity index (χ0v) is 15.0. The van der Waals surface area contributed by atoms with Crippen molar-refractivity contribution in [2.45, 2.75) is 33.2 Å². The van der Waals surface area contributed by atoms with Crippen molar-refractivity contribution in [3.05, 3.63) is 30.1 Å². The average Bonchev–Trinajstić information content (AvgIpc) is 2.75. The van der Waals surface area contributed by atoms with E-state index in [4.69, 9.17) is 5.73 Å². The summed E-state index contributed by atoms with van der Waals surface area (Å²) in [5, 5.41) is 3.15. The quantitative estimate of drug-likeness (QED) is 0.339. The van der Waals surface area contributed by atoms with E-state index in [0.29, 0.717) is 5.96 Å². The Morgan fingerprint density at radius 3 is 2.90 bits per heavy atom. The Labute approximate surface area is 143 Å². The summed E-state index contributed by atoms with van der Waals surface area (Å²) < 4.78 is 2.20. The van der Waals surface area contributed by atoms with Crippen molar-refractivity contribution in [3.8, 4) is 0 Å². The summed E-state index contributed by atoms with van der Waals surface area (Å²) in [5.74, 6) is 1.55. The van der Waals surface area contributed by atoms with Crippen molar-refractivity contribution in [1.29, 1.82) is 0 Å². The Morgan fingerprint density at radius 1 is 1.38 bits per heavy atom. The molecule has 6 heteroatoms. The minimum atomic E-state index is 0. The molecule has 1 heterocycles. The summed E-state index contributed by atoms with van der Waals surface area (Å²) in [6.07, 6.45) is 2.21. The lowest BCUT2D eigenvalue weighted by molar-refractivity contribution is 0.667. The van der Waals surface area contributed by atoms with E-state index < -0.39 is 0 Å². The fraction of sp³-hybridized carbons (Fsp3) is 0.467. The molecule has 0 aliphatic heterocycles. The van der Waals surface area contributed by atoms with Crippen LogP contribution in [0.4, 0.5) is 0 Å². The van der Waals surface area contributed by atoms with Crippen LogP contribution in [-0.4, -0.2) is 28.6 Å². The summed E-state index contributed by atoms with van der Waals surface area (Å²) >= 11 is 0. The van der Waals surface area contributed by atoms with Crippen molar-refractivity contribution in [2.75, 3.05) is 13.1 Å². The van der Waals surface area contributed by atoms with Crippen molar-refractivity contribution in [3.63, 3.8) is 0 Å². The Morgan fingerprint density at radius 2 is 2.14 bits per heavy atom. The molecule has 0 aliphatic carbocycles. The lowest BCUT2D eigenvalue weighted by Gasteiger charge is -2.09. The molecule has 0 radical (unpaired) electrons. The Kier molecular flexibility index (Phi) is 7.49. The van der Waals surface area contributed by atoms with Crippen molar-refractivity contribution < 1.29 is 0 Å². The third kappa shape index (κ3) is 4.87. The molecule has 2 aromatic rings. The van der Waals surface area contributed by atoms with Gasteiger partial charge < -0.3 is 15.6 Å². The van der Waals surface area contributed by atoms with Crippen LogP contribution in [0.3, 0.4) is 0 Å². The molecule has 0 unspecified atom stereocenters. The van der Waals surface area contributed by atoms with E-state index in [-0.39, 0.29) is 24.0 Å². The van der Waals surface area contributed by atoms with Crippen LogP contribution >= 0.6 is 24.0 Å². The fourth-order valence-corrected chi connectivity index (χ4v) is 2.19. The topological polar surface area (TPSA) is 68.2 Å². The molecular formula is C15H24IN5. The van der Waals surface area contributed by atoms with Gasteiger partial charge in [0.25, 0.3) is 0 Å². The number of hydrogen-bond acceptors (Lipinski definition) is 2. The predicted octanol–water partition coefficient (Wildman–Crippen LogP) is 2.67. The van der Waals surface area contributed by atoms with Gasteiger partial charge in [0, 0.05) is 19.6 Å². The van der Waals surface area contributed by atoms with Crippen molar-refractivity contribution in [2.24, 2.45) is 10.7 Å². The number of imidazole rings is 1. The smallest absolute Gasteiger partial charge is 0.188 e. The highest BCUT2D eigenvalue weighted by molar-refractivity contribution is 14.0. The Balaban J connectivity index is 0.00000220. The van der Waals surface area contributed by atoms with Crippen LogP contribution in [0.5, 0.6) is 0 Å². The second-order valence-electron chi connectivity index (χ2n) is 4.85. The first-order valence-corrected chi connectivity index (χ1v) is 7.18. The third-order valence-corrected chi connectivity index (χ3v) is 3.28. The van der Waals surface area contributed by atoms with Crippen LogP contribution in [-0.2, 0) is 6.54 Å². The molecule has 5 nitrogen and oxygen atoms in total. The van der Waals surface area contributed by atoms with Gasteiger partial charge in [-0.1, -0.05) is 25.5 Å². The Hall–Kier alpha value is -1.31. The number of hydrogen-bond donors (Lipinski definition) is 2. The highest BCUT2D eigenvalue weighted by Crippen LogP contribution is 2.14. The number of nitrogens with one attached hydrogen (secondary N) is 1. The second-order valence-corrected chi connectivity index (χ2v) is 4.85. The normalized spacial score (nSPS) is 11.4. The number of guanidine groups is 1. The maximum absolute atomic E-state index is 5.82. The SMILES string of the molecule is CCCCN=C(N)NCCn1c(C)nc2ccccc21.I. The maximum atomic E-state index is 5.82. The van der Waals surface area contributed by atoms with E-state index in [9.17, 15) is 0 Å². The number of nitrogens with two attached hydrogens (primary N) is 1. The molecule has 0 atom stereocenters. The number of aryl methyl sites for hydroxylation is 1. The number of aliphatic imine (C=N–C) groups is 1. The summed E-state index contributed by atoms with van der Waals surface area (Å²) in [6, 6.07) is 8.17. The largest absolute Gasteiger partial charge is 0.370 e. The predicted molar refractivity (Wildman–Crippen MR) is 99.3 cm³/mol. The van der Waals surface area contributed by atoms with Crippen LogP contribution in [0.2, 0.25) is 0 Å². The average molecular weight is 401 g/mol. The zero-order chi connectivity index (χ0) is 14.4. The number of benzene rings is 1. The van der Waals surface area contributed by atoms with Gasteiger partial charge in [0.1, 0.15) is 5.82 Å². The molecule has 3 N–H and O–H groups in total. The molecule has 0 saturated heterocycles. The minimum absolute atomic E-state index is 0. The van der Waals surface area contributed by atoms with Crippen LogP contribution in [0, 0.1) is 6.92 Å². The Bertz CT molecular complexity index is 591. The first-order valence-electron chi connectivity index (χ1n) is 7.18. The molecule has 2 rings (SSSR count). The first-order chi connectivity index (χ1) is 9.72. The fourth-order valence-electron chi connectivity index (χ4n) is 2.19. The lowest BCUT2D eigenvalue weighted by atomic mass is 10.3. The maximum Gasteiger partial charge on any atom is 0.188 e. The van der Waals surface area contributed by atoms with Gasteiger partial charge in [0.05, 0.1) is 11.0 Å². The van der Waals surface area contributed by atoms with E-state index in [1.54, 1.807) is 0 Å². The van der Waals surface area contributed by atoms with Gasteiger partial charge in [-0.3, -0.25) is 4.99 Å². The monoisotopic (exact) mass is 401 g/mol. The van der Waals surface area contributed by atoms with Gasteiger partial charge in [-0.25, -0.2) is 4.98 Å². The molecule has 116 valence electrons. The van der Waals surface area contributed by atoms with Crippen LogP contribution in [0.1, 0.15) is 25.6 Å². The first kappa shape index (κ1) is 17.7. The van der Waals surface area contributed by atoms with E-state index in [2.05, 4.69) is 32.9 Å². The zero-order valence-electron chi connectivity index (χ0n) is 12.7. The van der Waals surface area contributed by atoms with E-state index in [1.807, 2.05) is 25.1 Å². The molecule has 0 fully saturated rings. The highest BCUT2D eigenvalue weighted by atomic mass is 127. The van der Waals surface area contributed by atoms with E-state index >= 15 is 0 Å². The van der Waals surface area contributed by atoms with E-state index in [0.717, 1.165) is 49.3 Å². The van der Waals surface area contributed by atoms with Crippen LogP contribution < -0.4 is 11.1 Å². The third-order valence-electron chi connectivity index (χ3n) is 3.28.